The van der Waals surface area contributed by atoms with Crippen LogP contribution in [0.1, 0.15) is 26.2 Å². The zero-order chi connectivity index (χ0) is 7.61. The van der Waals surface area contributed by atoms with Crippen molar-refractivity contribution in [3.8, 4) is 0 Å². The lowest BCUT2D eigenvalue weighted by Gasteiger charge is -2.05. The fourth-order valence-corrected chi connectivity index (χ4v) is 1.23. The molecule has 2 nitrogen and oxygen atoms in total. The zero-order valence-electron chi connectivity index (χ0n) is 6.35. The molecule has 1 rings (SSSR count). The summed E-state index contributed by atoms with van der Waals surface area (Å²) in [6, 6.07) is 0. The van der Waals surface area contributed by atoms with Gasteiger partial charge in [-0.3, -0.25) is 0 Å². The second kappa shape index (κ2) is 2.79. The summed E-state index contributed by atoms with van der Waals surface area (Å²) in [4.78, 5) is 4.53. The molecule has 0 atom stereocenters. The molecule has 1 aliphatic rings. The molecule has 0 amide bonds. The average Bonchev–Trinajstić information content (AvgIpc) is 2.64. The predicted octanol–water partition coefficient (Wildman–Crippen LogP) is 2.17. The van der Waals surface area contributed by atoms with E-state index >= 15 is 0 Å². The first kappa shape index (κ1) is 7.86. The van der Waals surface area contributed by atoms with Crippen molar-refractivity contribution >= 4 is 17.3 Å². The van der Waals surface area contributed by atoms with Crippen molar-refractivity contribution in [2.24, 2.45) is 5.16 Å². The molecular weight excluding hydrogens is 150 g/mol. The van der Waals surface area contributed by atoms with Crippen LogP contribution in [0.25, 0.3) is 0 Å². The van der Waals surface area contributed by atoms with Gasteiger partial charge in [0.05, 0.1) is 10.6 Å². The third kappa shape index (κ3) is 1.43. The van der Waals surface area contributed by atoms with Gasteiger partial charge in [-0.05, 0) is 19.3 Å². The summed E-state index contributed by atoms with van der Waals surface area (Å²) < 4.78 is 0. The van der Waals surface area contributed by atoms with Gasteiger partial charge in [-0.2, -0.15) is 0 Å². The quantitative estimate of drug-likeness (QED) is 0.353. The summed E-state index contributed by atoms with van der Waals surface area (Å²) in [6.07, 6.45) is 2.98. The molecule has 1 saturated carbocycles. The fraction of sp³-hybridized carbons (Fsp3) is 0.857. The Morgan fingerprint density at radius 3 is 2.60 bits per heavy atom. The lowest BCUT2D eigenvalue weighted by molar-refractivity contribution is 0.211. The van der Waals surface area contributed by atoms with Gasteiger partial charge in [0.15, 0.2) is 0 Å². The molecule has 10 heavy (non-hydrogen) atoms. The lowest BCUT2D eigenvalue weighted by atomic mass is 10.2. The Hall–Kier alpha value is -0.240. The topological polar surface area (TPSA) is 21.6 Å². The van der Waals surface area contributed by atoms with E-state index < -0.39 is 0 Å². The standard InChI is InChI=1S/C7H12ClNO/c1-3-6(9-10-2)7(8)4-5-7/h3-5H2,1-2H3/b9-6+. The van der Waals surface area contributed by atoms with Crippen LogP contribution < -0.4 is 0 Å². The number of oxime groups is 1. The molecule has 1 aliphatic carbocycles. The van der Waals surface area contributed by atoms with Crippen molar-refractivity contribution in [2.45, 2.75) is 31.1 Å². The average molecular weight is 162 g/mol. The molecule has 0 radical (unpaired) electrons. The molecule has 0 N–H and O–H groups in total. The van der Waals surface area contributed by atoms with Gasteiger partial charge in [-0.15, -0.1) is 11.6 Å². The molecule has 3 heteroatoms. The van der Waals surface area contributed by atoms with E-state index in [1.807, 2.05) is 6.92 Å². The van der Waals surface area contributed by atoms with Crippen LogP contribution >= 0.6 is 11.6 Å². The van der Waals surface area contributed by atoms with E-state index in [4.69, 9.17) is 11.6 Å². The first-order valence-electron chi connectivity index (χ1n) is 3.52. The van der Waals surface area contributed by atoms with Crippen molar-refractivity contribution in [1.29, 1.82) is 0 Å². The molecule has 0 saturated heterocycles. The Labute approximate surface area is 66.2 Å². The first-order valence-corrected chi connectivity index (χ1v) is 3.90. The van der Waals surface area contributed by atoms with Gasteiger partial charge in [0.2, 0.25) is 0 Å². The Bertz CT molecular complexity index is 152. The van der Waals surface area contributed by atoms with Gasteiger partial charge in [0.1, 0.15) is 7.11 Å². The predicted molar refractivity (Wildman–Crippen MR) is 42.6 cm³/mol. The number of halogens is 1. The fourth-order valence-electron chi connectivity index (χ4n) is 0.972. The van der Waals surface area contributed by atoms with Crippen LogP contribution in [0.3, 0.4) is 0 Å². The van der Waals surface area contributed by atoms with Gasteiger partial charge in [0.25, 0.3) is 0 Å². The van der Waals surface area contributed by atoms with Crippen molar-refractivity contribution in [1.82, 2.24) is 0 Å². The molecule has 0 spiro atoms. The van der Waals surface area contributed by atoms with Gasteiger partial charge in [0, 0.05) is 0 Å². The van der Waals surface area contributed by atoms with Crippen molar-refractivity contribution in [3.63, 3.8) is 0 Å². The molecule has 0 aromatic carbocycles. The highest BCUT2D eigenvalue weighted by Gasteiger charge is 2.45. The van der Waals surface area contributed by atoms with Crippen LogP contribution in [-0.4, -0.2) is 17.7 Å². The molecule has 1 fully saturated rings. The Kier molecular flexibility index (Phi) is 2.19. The van der Waals surface area contributed by atoms with Crippen molar-refractivity contribution in [2.75, 3.05) is 7.11 Å². The summed E-state index contributed by atoms with van der Waals surface area (Å²) in [5, 5.41) is 3.86. The molecule has 0 aromatic heterocycles. The summed E-state index contributed by atoms with van der Waals surface area (Å²) in [5.74, 6) is 0. The maximum atomic E-state index is 6.08. The summed E-state index contributed by atoms with van der Waals surface area (Å²) in [6.45, 7) is 2.04. The minimum absolute atomic E-state index is 0.134. The minimum atomic E-state index is -0.134. The Morgan fingerprint density at radius 1 is 1.70 bits per heavy atom. The van der Waals surface area contributed by atoms with Gasteiger partial charge < -0.3 is 4.84 Å². The monoisotopic (exact) mass is 161 g/mol. The smallest absolute Gasteiger partial charge is 0.106 e. The third-order valence-electron chi connectivity index (χ3n) is 1.74. The number of hydrogen-bond acceptors (Lipinski definition) is 2. The highest BCUT2D eigenvalue weighted by molar-refractivity contribution is 6.38. The normalized spacial score (nSPS) is 22.5. The van der Waals surface area contributed by atoms with Crippen molar-refractivity contribution in [3.05, 3.63) is 0 Å². The molecule has 0 aromatic rings. The molecule has 58 valence electrons. The van der Waals surface area contributed by atoms with Crippen molar-refractivity contribution < 1.29 is 4.84 Å². The Morgan fingerprint density at radius 2 is 2.30 bits per heavy atom. The van der Waals surface area contributed by atoms with E-state index in [1.54, 1.807) is 7.11 Å². The molecule has 0 heterocycles. The molecule has 0 bridgehead atoms. The van der Waals surface area contributed by atoms with Gasteiger partial charge in [-0.25, -0.2) is 0 Å². The minimum Gasteiger partial charge on any atom is -0.399 e. The van der Waals surface area contributed by atoms with Crippen LogP contribution in [0, 0.1) is 0 Å². The number of hydrogen-bond donors (Lipinski definition) is 0. The van der Waals surface area contributed by atoms with Gasteiger partial charge in [-0.1, -0.05) is 12.1 Å². The summed E-state index contributed by atoms with van der Waals surface area (Å²) in [5.41, 5.74) is 0.983. The SMILES string of the molecule is CC/C(=N\OC)C1(Cl)CC1. The van der Waals surface area contributed by atoms with E-state index in [2.05, 4.69) is 9.99 Å². The Balaban J connectivity index is 2.56. The maximum absolute atomic E-state index is 6.08. The van der Waals surface area contributed by atoms with E-state index in [-0.39, 0.29) is 4.87 Å². The van der Waals surface area contributed by atoms with Crippen LogP contribution in [0.4, 0.5) is 0 Å². The van der Waals surface area contributed by atoms with Crippen LogP contribution in [0.5, 0.6) is 0 Å². The van der Waals surface area contributed by atoms with Gasteiger partial charge >= 0.3 is 0 Å². The van der Waals surface area contributed by atoms with Crippen LogP contribution in [-0.2, 0) is 4.84 Å². The second-order valence-electron chi connectivity index (χ2n) is 2.54. The van der Waals surface area contributed by atoms with E-state index in [0.29, 0.717) is 0 Å². The maximum Gasteiger partial charge on any atom is 0.106 e. The van der Waals surface area contributed by atoms with Crippen LogP contribution in [0.2, 0.25) is 0 Å². The summed E-state index contributed by atoms with van der Waals surface area (Å²) >= 11 is 6.08. The zero-order valence-corrected chi connectivity index (χ0v) is 7.11. The molecule has 0 unspecified atom stereocenters. The first-order chi connectivity index (χ1) is 4.73. The lowest BCUT2D eigenvalue weighted by Crippen LogP contribution is -2.14. The van der Waals surface area contributed by atoms with E-state index in [0.717, 1.165) is 25.0 Å². The molecular formula is C7H12ClNO. The number of rotatable bonds is 3. The highest BCUT2D eigenvalue weighted by Crippen LogP contribution is 2.44. The number of alkyl halides is 1. The van der Waals surface area contributed by atoms with E-state index in [9.17, 15) is 0 Å². The van der Waals surface area contributed by atoms with Crippen LogP contribution in [0.15, 0.2) is 5.16 Å². The third-order valence-corrected chi connectivity index (χ3v) is 2.34. The van der Waals surface area contributed by atoms with E-state index in [1.165, 1.54) is 0 Å². The number of nitrogens with zero attached hydrogens (tertiary/aromatic N) is 1. The largest absolute Gasteiger partial charge is 0.399 e. The highest BCUT2D eigenvalue weighted by atomic mass is 35.5. The summed E-state index contributed by atoms with van der Waals surface area (Å²) in [7, 11) is 1.55. The molecule has 0 aliphatic heterocycles. The second-order valence-corrected chi connectivity index (χ2v) is 3.26.